The topological polar surface area (TPSA) is 12.9 Å². The molecule has 13 heavy (non-hydrogen) atoms. The van der Waals surface area contributed by atoms with Gasteiger partial charge in [-0.05, 0) is 18.1 Å². The maximum atomic E-state index is 4.50. The fraction of sp³-hybridized carbons (Fsp3) is 0.545. The quantitative estimate of drug-likeness (QED) is 0.598. The Labute approximate surface area is 84.0 Å². The fourth-order valence-corrected chi connectivity index (χ4v) is 0.717. The third-order valence-corrected chi connectivity index (χ3v) is 1.28. The molecule has 0 fully saturated rings. The van der Waals surface area contributed by atoms with Crippen LogP contribution in [0.4, 0.5) is 0 Å². The van der Waals surface area contributed by atoms with Gasteiger partial charge in [-0.1, -0.05) is 40.6 Å². The normalized spacial score (nSPS) is 7.85. The molecule has 0 aromatic carbocycles. The van der Waals surface area contributed by atoms with Crippen LogP contribution in [0.5, 0.6) is 0 Å². The Morgan fingerprint density at radius 3 is 1.92 bits per heavy atom. The molecule has 1 rings (SSSR count). The van der Waals surface area contributed by atoms with E-state index >= 15 is 0 Å². The van der Waals surface area contributed by atoms with E-state index in [1.807, 2.05) is 38.2 Å². The summed E-state index contributed by atoms with van der Waals surface area (Å²) in [5.74, 6) is 0.547. The van der Waals surface area contributed by atoms with Crippen molar-refractivity contribution < 1.29 is 0 Å². The number of pyridine rings is 1. The van der Waals surface area contributed by atoms with E-state index in [9.17, 15) is 0 Å². The van der Waals surface area contributed by atoms with Gasteiger partial charge in [-0.2, -0.15) is 0 Å². The second-order valence-electron chi connectivity index (χ2n) is 2.41. The van der Waals surface area contributed by atoms with Crippen LogP contribution in [0.15, 0.2) is 24.4 Å². The third-order valence-electron chi connectivity index (χ3n) is 1.28. The number of nitrogens with zero attached hydrogens (tertiary/aromatic N) is 1. The zero-order valence-corrected chi connectivity index (χ0v) is 9.41. The number of hydrogen-bond donors (Lipinski definition) is 0. The Kier molecular flexibility index (Phi) is 12.7. The van der Waals surface area contributed by atoms with Crippen LogP contribution in [0.1, 0.15) is 39.3 Å². The van der Waals surface area contributed by atoms with Crippen molar-refractivity contribution in [2.45, 2.75) is 40.4 Å². The Hall–Kier alpha value is -0.785. The highest BCUT2D eigenvalue weighted by atomic mass is 14.7. The van der Waals surface area contributed by atoms with Crippen molar-refractivity contribution >= 4 is 7.85 Å². The Balaban J connectivity index is 0. The van der Waals surface area contributed by atoms with Gasteiger partial charge in [-0.3, -0.25) is 4.98 Å². The molecule has 0 unspecified atom stereocenters. The Bertz CT molecular complexity index is 173. The lowest BCUT2D eigenvalue weighted by molar-refractivity contribution is 0.823. The smallest absolute Gasteiger partial charge is 0.0606 e. The average Bonchev–Trinajstić information content (AvgIpc) is 2.25. The fourth-order valence-electron chi connectivity index (χ4n) is 0.717. The zero-order valence-electron chi connectivity index (χ0n) is 9.41. The molecule has 0 saturated carbocycles. The molecule has 0 atom stereocenters. The molecule has 2 radical (unpaired) electrons. The molecule has 0 aliphatic carbocycles. The van der Waals surface area contributed by atoms with Crippen molar-refractivity contribution in [3.8, 4) is 0 Å². The largest absolute Gasteiger partial charge is 0.261 e. The Morgan fingerprint density at radius 1 is 1.15 bits per heavy atom. The molecule has 0 aliphatic rings. The average molecular weight is 177 g/mol. The van der Waals surface area contributed by atoms with Crippen LogP contribution >= 0.6 is 0 Å². The van der Waals surface area contributed by atoms with Crippen molar-refractivity contribution in [3.63, 3.8) is 0 Å². The van der Waals surface area contributed by atoms with Crippen molar-refractivity contribution in [1.82, 2.24) is 4.98 Å². The molecule has 2 heteroatoms. The van der Waals surface area contributed by atoms with Crippen molar-refractivity contribution in [3.05, 3.63) is 30.1 Å². The summed E-state index contributed by atoms with van der Waals surface area (Å²) in [5.41, 5.74) is 1.16. The second-order valence-corrected chi connectivity index (χ2v) is 2.41. The van der Waals surface area contributed by atoms with Gasteiger partial charge in [0, 0.05) is 11.9 Å². The van der Waals surface area contributed by atoms with Crippen molar-refractivity contribution in [2.24, 2.45) is 0 Å². The van der Waals surface area contributed by atoms with Crippen LogP contribution in [-0.4, -0.2) is 12.8 Å². The molecule has 0 bridgehead atoms. The molecule has 0 spiro atoms. The van der Waals surface area contributed by atoms with Crippen LogP contribution in [0, 0.1) is 0 Å². The molecule has 1 aromatic rings. The maximum absolute atomic E-state index is 4.50. The van der Waals surface area contributed by atoms with Crippen LogP contribution in [0.25, 0.3) is 0 Å². The molecule has 0 aliphatic heterocycles. The predicted octanol–water partition coefficient (Wildman–Crippen LogP) is 3.43. The summed E-state index contributed by atoms with van der Waals surface area (Å²) >= 11 is 0. The van der Waals surface area contributed by atoms with Crippen LogP contribution < -0.4 is 0 Å². The predicted molar refractivity (Wildman–Crippen MR) is 61.3 cm³/mol. The van der Waals surface area contributed by atoms with E-state index in [0.29, 0.717) is 5.92 Å². The summed E-state index contributed by atoms with van der Waals surface area (Å²) in [5, 5.41) is 0. The molecule has 1 nitrogen and oxygen atoms in total. The molecule has 0 saturated heterocycles. The van der Waals surface area contributed by atoms with E-state index in [2.05, 4.69) is 26.7 Å². The molecule has 0 N–H and O–H groups in total. The van der Waals surface area contributed by atoms with E-state index < -0.39 is 0 Å². The van der Waals surface area contributed by atoms with E-state index in [-0.39, 0.29) is 0 Å². The van der Waals surface area contributed by atoms with Gasteiger partial charge in [0.1, 0.15) is 0 Å². The number of rotatable bonds is 1. The zero-order chi connectivity index (χ0) is 10.7. The van der Waals surface area contributed by atoms with Gasteiger partial charge in [0.05, 0.1) is 7.85 Å². The molecule has 72 valence electrons. The van der Waals surface area contributed by atoms with Gasteiger partial charge < -0.3 is 0 Å². The highest BCUT2D eigenvalue weighted by Gasteiger charge is 1.95. The minimum Gasteiger partial charge on any atom is -0.261 e. The van der Waals surface area contributed by atoms with Crippen LogP contribution in [-0.2, 0) is 0 Å². The van der Waals surface area contributed by atoms with Gasteiger partial charge in [0.25, 0.3) is 0 Å². The van der Waals surface area contributed by atoms with Crippen molar-refractivity contribution in [2.75, 3.05) is 0 Å². The first-order chi connectivity index (χ1) is 6.30. The first-order valence-electron chi connectivity index (χ1n) is 4.79. The summed E-state index contributed by atoms with van der Waals surface area (Å²) in [4.78, 5) is 4.18. The maximum Gasteiger partial charge on any atom is 0.0606 e. The van der Waals surface area contributed by atoms with Crippen LogP contribution in [0.3, 0.4) is 0 Å². The van der Waals surface area contributed by atoms with Crippen molar-refractivity contribution in [1.29, 1.82) is 0 Å². The molecular weight excluding hydrogens is 157 g/mol. The van der Waals surface area contributed by atoms with E-state index in [4.69, 9.17) is 0 Å². The first-order valence-corrected chi connectivity index (χ1v) is 4.79. The summed E-state index contributed by atoms with van der Waals surface area (Å²) in [7, 11) is 4.50. The lowest BCUT2D eigenvalue weighted by atomic mass is 10.1. The van der Waals surface area contributed by atoms with Gasteiger partial charge in [0.2, 0.25) is 0 Å². The monoisotopic (exact) mass is 177 g/mol. The summed E-state index contributed by atoms with van der Waals surface area (Å²) in [6.45, 7) is 9.78. The van der Waals surface area contributed by atoms with Gasteiger partial charge in [-0.25, -0.2) is 0 Å². The standard InChI is InChI=1S/C8H11N.C2H6.CH3B/c1-7(2)8-5-3-4-6-9-8;2*1-2/h3-7H,1-2H3;1-2H3;1H3. The second kappa shape index (κ2) is 11.2. The lowest BCUT2D eigenvalue weighted by Gasteiger charge is -2.00. The van der Waals surface area contributed by atoms with Gasteiger partial charge in [0.15, 0.2) is 0 Å². The van der Waals surface area contributed by atoms with Gasteiger partial charge >= 0.3 is 0 Å². The molecule has 1 aromatic heterocycles. The number of hydrogen-bond acceptors (Lipinski definition) is 1. The van der Waals surface area contributed by atoms with E-state index in [1.54, 1.807) is 0 Å². The first kappa shape index (κ1) is 14.7. The molecule has 0 amide bonds. The van der Waals surface area contributed by atoms with Gasteiger partial charge in [-0.15, -0.1) is 0 Å². The minimum atomic E-state index is 0.547. The number of aromatic nitrogens is 1. The van der Waals surface area contributed by atoms with E-state index in [1.165, 1.54) is 6.82 Å². The highest BCUT2D eigenvalue weighted by Crippen LogP contribution is 2.08. The summed E-state index contributed by atoms with van der Waals surface area (Å²) in [6.07, 6.45) is 1.83. The summed E-state index contributed by atoms with van der Waals surface area (Å²) in [6, 6.07) is 6.00. The molecule has 1 heterocycles. The van der Waals surface area contributed by atoms with Crippen LogP contribution in [0.2, 0.25) is 6.82 Å². The Morgan fingerprint density at radius 2 is 1.69 bits per heavy atom. The summed E-state index contributed by atoms with van der Waals surface area (Å²) < 4.78 is 0. The minimum absolute atomic E-state index is 0.547. The van der Waals surface area contributed by atoms with E-state index in [0.717, 1.165) is 5.69 Å². The highest BCUT2D eigenvalue weighted by molar-refractivity contribution is 6.05. The molecular formula is C11H20BN. The lowest BCUT2D eigenvalue weighted by Crippen LogP contribution is -1.88. The SMILES string of the molecule is CC.CC(C)c1ccccn1.[B]C. The third kappa shape index (κ3) is 7.57.